The highest BCUT2D eigenvalue weighted by Gasteiger charge is 2.20. The first-order chi connectivity index (χ1) is 11.3. The highest BCUT2D eigenvalue weighted by atomic mass is 16.3. The number of β-amino-alcohol motifs (C(OH)–C–C–N with tert-alkyl or cyclic N) is 1. The predicted molar refractivity (Wildman–Crippen MR) is 92.9 cm³/mol. The molecule has 0 heterocycles. The molecule has 2 aromatic carbocycles. The van der Waals surface area contributed by atoms with Crippen LogP contribution in [-0.4, -0.2) is 32.5 Å². The third-order valence-electron chi connectivity index (χ3n) is 3.92. The smallest absolute Gasteiger partial charge is 0.116 e. The van der Waals surface area contributed by atoms with Crippen molar-refractivity contribution in [3.05, 3.63) is 59.2 Å². The number of hydrogen-bond donors (Lipinski definition) is 5. The van der Waals surface area contributed by atoms with Gasteiger partial charge in [-0.3, -0.25) is 0 Å². The van der Waals surface area contributed by atoms with Crippen molar-refractivity contribution >= 4 is 0 Å². The Balaban J connectivity index is 1.97. The molecule has 5 N–H and O–H groups in total. The highest BCUT2D eigenvalue weighted by Crippen LogP contribution is 2.22. The van der Waals surface area contributed by atoms with E-state index < -0.39 is 6.10 Å². The van der Waals surface area contributed by atoms with Crippen molar-refractivity contribution in [1.82, 2.24) is 5.32 Å². The summed E-state index contributed by atoms with van der Waals surface area (Å²) in [5.41, 5.74) is 1.95. The third kappa shape index (κ3) is 5.23. The molecule has 0 aromatic heterocycles. The lowest BCUT2D eigenvalue weighted by atomic mass is 9.94. The van der Waals surface area contributed by atoms with Gasteiger partial charge >= 0.3 is 0 Å². The second kappa shape index (κ2) is 7.66. The second-order valence-corrected chi connectivity index (χ2v) is 6.71. The maximum Gasteiger partial charge on any atom is 0.116 e. The summed E-state index contributed by atoms with van der Waals surface area (Å²) in [7, 11) is 0. The van der Waals surface area contributed by atoms with Gasteiger partial charge < -0.3 is 25.7 Å². The maximum absolute atomic E-state index is 10.3. The van der Waals surface area contributed by atoms with Crippen molar-refractivity contribution in [3.63, 3.8) is 0 Å². The van der Waals surface area contributed by atoms with E-state index in [0.29, 0.717) is 17.7 Å². The summed E-state index contributed by atoms with van der Waals surface area (Å²) in [4.78, 5) is 0. The molecule has 1 atom stereocenters. The summed E-state index contributed by atoms with van der Waals surface area (Å²) in [5, 5.41) is 41.8. The van der Waals surface area contributed by atoms with Crippen LogP contribution in [0.5, 0.6) is 11.5 Å². The van der Waals surface area contributed by atoms with Crippen LogP contribution >= 0.6 is 0 Å². The van der Waals surface area contributed by atoms with E-state index in [2.05, 4.69) is 5.32 Å². The van der Waals surface area contributed by atoms with E-state index in [4.69, 9.17) is 0 Å². The van der Waals surface area contributed by atoms with E-state index in [9.17, 15) is 20.4 Å². The summed E-state index contributed by atoms with van der Waals surface area (Å²) in [6, 6.07) is 11.7. The van der Waals surface area contributed by atoms with Gasteiger partial charge in [0.2, 0.25) is 0 Å². The minimum atomic E-state index is -0.790. The molecule has 0 aliphatic rings. The Bertz CT molecular complexity index is 668. The first-order valence-corrected chi connectivity index (χ1v) is 7.94. The molecule has 24 heavy (non-hydrogen) atoms. The van der Waals surface area contributed by atoms with E-state index in [1.807, 2.05) is 26.0 Å². The van der Waals surface area contributed by atoms with Gasteiger partial charge in [0.05, 0.1) is 12.7 Å². The molecule has 0 unspecified atom stereocenters. The molecule has 130 valence electrons. The van der Waals surface area contributed by atoms with Crippen LogP contribution in [0.1, 0.15) is 36.6 Å². The predicted octanol–water partition coefficient (Wildman–Crippen LogP) is 2.23. The second-order valence-electron chi connectivity index (χ2n) is 6.71. The SMILES string of the molecule is CC(C)(Cc1ccc(O)cc1)NC[C@H](O)c1cc(O)cc(CO)c1. The first kappa shape index (κ1) is 18.3. The van der Waals surface area contributed by atoms with Crippen molar-refractivity contribution in [3.8, 4) is 11.5 Å². The monoisotopic (exact) mass is 331 g/mol. The zero-order valence-electron chi connectivity index (χ0n) is 14.0. The van der Waals surface area contributed by atoms with Crippen LogP contribution in [0.15, 0.2) is 42.5 Å². The molecular formula is C19H25NO4. The van der Waals surface area contributed by atoms with Gasteiger partial charge in [0.25, 0.3) is 0 Å². The van der Waals surface area contributed by atoms with Crippen molar-refractivity contribution in [2.45, 2.75) is 38.5 Å². The Morgan fingerprint density at radius 2 is 1.62 bits per heavy atom. The number of phenols is 2. The van der Waals surface area contributed by atoms with E-state index >= 15 is 0 Å². The van der Waals surface area contributed by atoms with E-state index in [0.717, 1.165) is 12.0 Å². The van der Waals surface area contributed by atoms with Gasteiger partial charge in [-0.15, -0.1) is 0 Å². The number of rotatable bonds is 7. The summed E-state index contributed by atoms with van der Waals surface area (Å²) in [6.45, 7) is 4.20. The van der Waals surface area contributed by atoms with Gasteiger partial charge in [0.1, 0.15) is 11.5 Å². The minimum Gasteiger partial charge on any atom is -0.508 e. The van der Waals surface area contributed by atoms with Gasteiger partial charge in [-0.1, -0.05) is 18.2 Å². The summed E-state index contributed by atoms with van der Waals surface area (Å²) in [6.07, 6.45) is -0.0523. The van der Waals surface area contributed by atoms with E-state index in [1.54, 1.807) is 18.2 Å². The third-order valence-corrected chi connectivity index (χ3v) is 3.92. The largest absolute Gasteiger partial charge is 0.508 e. The number of benzene rings is 2. The molecule has 0 fully saturated rings. The Kier molecular flexibility index (Phi) is 5.83. The number of aliphatic hydroxyl groups excluding tert-OH is 2. The van der Waals surface area contributed by atoms with Crippen LogP contribution < -0.4 is 5.32 Å². The molecule has 5 nitrogen and oxygen atoms in total. The molecule has 0 aliphatic heterocycles. The standard InChI is InChI=1S/C19H25NO4/c1-19(2,10-13-3-5-16(22)6-4-13)20-11-18(24)15-7-14(12-21)8-17(23)9-15/h3-9,18,20-24H,10-12H2,1-2H3/t18-/m0/s1. The maximum atomic E-state index is 10.3. The van der Waals surface area contributed by atoms with Gasteiger partial charge in [-0.2, -0.15) is 0 Å². The van der Waals surface area contributed by atoms with Crippen LogP contribution in [0.4, 0.5) is 0 Å². The molecule has 0 bridgehead atoms. The molecule has 0 saturated heterocycles. The number of aliphatic hydroxyl groups is 2. The lowest BCUT2D eigenvalue weighted by molar-refractivity contribution is 0.160. The zero-order valence-corrected chi connectivity index (χ0v) is 14.0. The summed E-state index contributed by atoms with van der Waals surface area (Å²) < 4.78 is 0. The normalized spacial score (nSPS) is 13.0. The highest BCUT2D eigenvalue weighted by molar-refractivity contribution is 5.34. The van der Waals surface area contributed by atoms with Crippen molar-refractivity contribution in [2.75, 3.05) is 6.54 Å². The fourth-order valence-electron chi connectivity index (χ4n) is 2.66. The number of nitrogens with one attached hydrogen (secondary N) is 1. The van der Waals surface area contributed by atoms with Crippen molar-refractivity contribution < 1.29 is 20.4 Å². The van der Waals surface area contributed by atoms with Crippen molar-refractivity contribution in [2.24, 2.45) is 0 Å². The van der Waals surface area contributed by atoms with Crippen LogP contribution in [0.25, 0.3) is 0 Å². The molecule has 2 aromatic rings. The van der Waals surface area contributed by atoms with E-state index in [1.165, 1.54) is 12.1 Å². The molecule has 0 radical (unpaired) electrons. The topological polar surface area (TPSA) is 93.0 Å². The molecule has 0 spiro atoms. The summed E-state index contributed by atoms with van der Waals surface area (Å²) in [5.74, 6) is 0.266. The number of hydrogen-bond acceptors (Lipinski definition) is 5. The Morgan fingerprint density at radius 3 is 2.25 bits per heavy atom. The Morgan fingerprint density at radius 1 is 0.958 bits per heavy atom. The fraction of sp³-hybridized carbons (Fsp3) is 0.368. The van der Waals surface area contributed by atoms with Gasteiger partial charge in [0.15, 0.2) is 0 Å². The molecule has 0 saturated carbocycles. The van der Waals surface area contributed by atoms with E-state index in [-0.39, 0.29) is 23.6 Å². The molecule has 2 rings (SSSR count). The quantitative estimate of drug-likeness (QED) is 0.536. The van der Waals surface area contributed by atoms with Crippen LogP contribution in [0, 0.1) is 0 Å². The molecule has 0 aliphatic carbocycles. The fourth-order valence-corrected chi connectivity index (χ4v) is 2.66. The van der Waals surface area contributed by atoms with Crippen molar-refractivity contribution in [1.29, 1.82) is 0 Å². The number of phenolic OH excluding ortho intramolecular Hbond substituents is 2. The molecular weight excluding hydrogens is 306 g/mol. The van der Waals surface area contributed by atoms with Crippen LogP contribution in [0.3, 0.4) is 0 Å². The van der Waals surface area contributed by atoms with Gasteiger partial charge in [-0.25, -0.2) is 0 Å². The van der Waals surface area contributed by atoms with Gasteiger partial charge in [-0.05, 0) is 61.2 Å². The Hall–Kier alpha value is -2.08. The zero-order chi connectivity index (χ0) is 17.7. The minimum absolute atomic E-state index is 0.0268. The average Bonchev–Trinajstić information content (AvgIpc) is 2.54. The van der Waals surface area contributed by atoms with Crippen LogP contribution in [-0.2, 0) is 13.0 Å². The van der Waals surface area contributed by atoms with Gasteiger partial charge in [0, 0.05) is 12.1 Å². The van der Waals surface area contributed by atoms with Crippen LogP contribution in [0.2, 0.25) is 0 Å². The summed E-state index contributed by atoms with van der Waals surface area (Å²) >= 11 is 0. The number of aromatic hydroxyl groups is 2. The molecule has 5 heteroatoms. The average molecular weight is 331 g/mol. The lowest BCUT2D eigenvalue weighted by Crippen LogP contribution is -2.43. The Labute approximate surface area is 142 Å². The lowest BCUT2D eigenvalue weighted by Gasteiger charge is -2.28. The molecule has 0 amide bonds. The first-order valence-electron chi connectivity index (χ1n) is 7.94.